The molecule has 9 heteroatoms. The Morgan fingerprint density at radius 3 is 2.57 bits per heavy atom. The minimum absolute atomic E-state index is 0.513. The van der Waals surface area contributed by atoms with Crippen molar-refractivity contribution < 1.29 is 8.42 Å². The van der Waals surface area contributed by atoms with Gasteiger partial charge in [-0.15, -0.1) is 0 Å². The van der Waals surface area contributed by atoms with Gasteiger partial charge in [0.15, 0.2) is 5.65 Å². The van der Waals surface area contributed by atoms with Gasteiger partial charge in [-0.25, -0.2) is 13.1 Å². The van der Waals surface area contributed by atoms with Crippen molar-refractivity contribution in [1.29, 1.82) is 0 Å². The fourth-order valence-electron chi connectivity index (χ4n) is 2.45. The van der Waals surface area contributed by atoms with Crippen LogP contribution in [-0.2, 0) is 16.7 Å². The molecule has 114 valence electrons. The van der Waals surface area contributed by atoms with Gasteiger partial charge in [-0.1, -0.05) is 6.07 Å². The minimum atomic E-state index is -3.09. The molecule has 1 aliphatic rings. The van der Waals surface area contributed by atoms with E-state index in [1.807, 2.05) is 28.8 Å². The predicted molar refractivity (Wildman–Crippen MR) is 82.0 cm³/mol. The molecule has 1 aliphatic heterocycles. The molecule has 2 aromatic rings. The van der Waals surface area contributed by atoms with E-state index in [0.29, 0.717) is 37.6 Å². The molecule has 0 radical (unpaired) electrons. The molecule has 2 aromatic heterocycles. The lowest BCUT2D eigenvalue weighted by atomic mass is 10.4. The second kappa shape index (κ2) is 5.48. The van der Waals surface area contributed by atoms with Crippen molar-refractivity contribution in [3.8, 4) is 0 Å². The highest BCUT2D eigenvalue weighted by molar-refractivity contribution is 7.88. The van der Waals surface area contributed by atoms with E-state index in [2.05, 4.69) is 10.00 Å². The fraction of sp³-hybridized carbons (Fsp3) is 0.500. The van der Waals surface area contributed by atoms with Crippen LogP contribution in [0.3, 0.4) is 0 Å². The van der Waals surface area contributed by atoms with E-state index >= 15 is 0 Å². The maximum absolute atomic E-state index is 11.5. The summed E-state index contributed by atoms with van der Waals surface area (Å²) in [5.74, 6) is 0. The van der Waals surface area contributed by atoms with E-state index in [0.717, 1.165) is 5.65 Å². The van der Waals surface area contributed by atoms with Gasteiger partial charge in [0, 0.05) is 32.4 Å². The van der Waals surface area contributed by atoms with Gasteiger partial charge in [0.1, 0.15) is 0 Å². The maximum atomic E-state index is 11.5. The lowest BCUT2D eigenvalue weighted by Gasteiger charge is -2.32. The summed E-state index contributed by atoms with van der Waals surface area (Å²) >= 11 is 5.41. The number of pyridine rings is 1. The summed E-state index contributed by atoms with van der Waals surface area (Å²) in [7, 11) is -3.09. The first-order chi connectivity index (χ1) is 9.95. The molecule has 0 N–H and O–H groups in total. The lowest BCUT2D eigenvalue weighted by molar-refractivity contribution is 0.145. The molecular formula is C12H17N5O2S2. The topological polar surface area (TPSA) is 62.9 Å². The quantitative estimate of drug-likeness (QED) is 0.764. The number of rotatable bonds is 3. The zero-order chi connectivity index (χ0) is 15.0. The number of hydrogen-bond acceptors (Lipinski definition) is 5. The zero-order valence-corrected chi connectivity index (χ0v) is 13.3. The van der Waals surface area contributed by atoms with Crippen molar-refractivity contribution in [3.05, 3.63) is 29.2 Å². The Bertz CT molecular complexity index is 802. The van der Waals surface area contributed by atoms with Crippen LogP contribution in [0, 0.1) is 4.77 Å². The number of fused-ring (bicyclic) bond motifs is 1. The van der Waals surface area contributed by atoms with Crippen LogP contribution in [0.5, 0.6) is 0 Å². The van der Waals surface area contributed by atoms with Crippen LogP contribution in [-0.4, -0.2) is 64.2 Å². The summed E-state index contributed by atoms with van der Waals surface area (Å²) in [6, 6.07) is 5.75. The largest absolute Gasteiger partial charge is 0.282 e. The van der Waals surface area contributed by atoms with Crippen LogP contribution < -0.4 is 0 Å². The summed E-state index contributed by atoms with van der Waals surface area (Å²) < 4.78 is 28.8. The molecule has 1 fully saturated rings. The molecular weight excluding hydrogens is 310 g/mol. The van der Waals surface area contributed by atoms with Crippen molar-refractivity contribution in [2.24, 2.45) is 0 Å². The van der Waals surface area contributed by atoms with E-state index in [9.17, 15) is 8.42 Å². The molecule has 0 bridgehead atoms. The molecule has 0 amide bonds. The Balaban J connectivity index is 1.73. The third-order valence-corrected chi connectivity index (χ3v) is 5.33. The Hall–Kier alpha value is -1.29. The van der Waals surface area contributed by atoms with E-state index < -0.39 is 10.0 Å². The van der Waals surface area contributed by atoms with E-state index in [-0.39, 0.29) is 0 Å². The van der Waals surface area contributed by atoms with Crippen LogP contribution >= 0.6 is 12.2 Å². The summed E-state index contributed by atoms with van der Waals surface area (Å²) in [4.78, 5) is 2.16. The Labute approximate surface area is 128 Å². The van der Waals surface area contributed by atoms with Gasteiger partial charge >= 0.3 is 0 Å². The van der Waals surface area contributed by atoms with Crippen molar-refractivity contribution in [2.45, 2.75) is 6.67 Å². The van der Waals surface area contributed by atoms with Crippen LogP contribution in [0.2, 0.25) is 0 Å². The highest BCUT2D eigenvalue weighted by Gasteiger charge is 2.23. The first-order valence-corrected chi connectivity index (χ1v) is 8.92. The van der Waals surface area contributed by atoms with Gasteiger partial charge in [0.2, 0.25) is 14.8 Å². The molecule has 3 heterocycles. The number of aromatic nitrogens is 3. The molecule has 0 spiro atoms. The zero-order valence-electron chi connectivity index (χ0n) is 11.7. The first kappa shape index (κ1) is 14.6. The minimum Gasteiger partial charge on any atom is -0.282 e. The Morgan fingerprint density at radius 1 is 1.24 bits per heavy atom. The summed E-state index contributed by atoms with van der Waals surface area (Å²) in [6.45, 7) is 2.97. The average molecular weight is 327 g/mol. The third-order valence-electron chi connectivity index (χ3n) is 3.62. The number of piperazine rings is 1. The standard InChI is InChI=1S/C12H17N5O2S2/c1-21(18,19)15-8-6-14(7-9-15)10-17-12(20)16-5-3-2-4-11(16)13-17/h2-5H,6-10H2,1H3. The van der Waals surface area contributed by atoms with E-state index in [1.54, 1.807) is 4.68 Å². The average Bonchev–Trinajstić information content (AvgIpc) is 2.76. The van der Waals surface area contributed by atoms with Crippen molar-refractivity contribution >= 4 is 27.9 Å². The van der Waals surface area contributed by atoms with Crippen LogP contribution in [0.25, 0.3) is 5.65 Å². The van der Waals surface area contributed by atoms with Gasteiger partial charge in [-0.05, 0) is 24.4 Å². The molecule has 7 nitrogen and oxygen atoms in total. The Kier molecular flexibility index (Phi) is 3.82. The monoisotopic (exact) mass is 327 g/mol. The van der Waals surface area contributed by atoms with E-state index in [1.165, 1.54) is 10.6 Å². The molecule has 21 heavy (non-hydrogen) atoms. The maximum Gasteiger partial charge on any atom is 0.211 e. The van der Waals surface area contributed by atoms with Gasteiger partial charge in [-0.3, -0.25) is 9.30 Å². The van der Waals surface area contributed by atoms with Crippen LogP contribution in [0.1, 0.15) is 0 Å². The third kappa shape index (κ3) is 3.00. The molecule has 0 unspecified atom stereocenters. The van der Waals surface area contributed by atoms with E-state index in [4.69, 9.17) is 12.2 Å². The molecule has 3 rings (SSSR count). The molecule has 0 saturated carbocycles. The van der Waals surface area contributed by atoms with Gasteiger partial charge in [0.05, 0.1) is 12.9 Å². The van der Waals surface area contributed by atoms with Crippen LogP contribution in [0.15, 0.2) is 24.4 Å². The Morgan fingerprint density at radius 2 is 1.95 bits per heavy atom. The number of nitrogens with zero attached hydrogens (tertiary/aromatic N) is 5. The fourth-order valence-corrected chi connectivity index (χ4v) is 3.53. The molecule has 0 aromatic carbocycles. The van der Waals surface area contributed by atoms with Crippen molar-refractivity contribution in [3.63, 3.8) is 0 Å². The summed E-state index contributed by atoms with van der Waals surface area (Å²) in [6.07, 6.45) is 3.14. The summed E-state index contributed by atoms with van der Waals surface area (Å²) in [5.41, 5.74) is 0.817. The van der Waals surface area contributed by atoms with Crippen molar-refractivity contribution in [1.82, 2.24) is 23.4 Å². The SMILES string of the molecule is CS(=O)(=O)N1CCN(Cn2nc3ccccn3c2=S)CC1. The molecule has 0 aliphatic carbocycles. The smallest absolute Gasteiger partial charge is 0.211 e. The predicted octanol–water partition coefficient (Wildman–Crippen LogP) is 0.400. The number of hydrogen-bond donors (Lipinski definition) is 0. The number of sulfonamides is 1. The van der Waals surface area contributed by atoms with Gasteiger partial charge in [-0.2, -0.15) is 9.40 Å². The summed E-state index contributed by atoms with van der Waals surface area (Å²) in [5, 5.41) is 4.48. The first-order valence-electron chi connectivity index (χ1n) is 6.67. The second-order valence-corrected chi connectivity index (χ2v) is 7.48. The van der Waals surface area contributed by atoms with Crippen molar-refractivity contribution in [2.75, 3.05) is 32.4 Å². The van der Waals surface area contributed by atoms with Gasteiger partial charge in [0.25, 0.3) is 0 Å². The second-order valence-electron chi connectivity index (χ2n) is 5.13. The highest BCUT2D eigenvalue weighted by atomic mass is 32.2. The molecule has 0 atom stereocenters. The van der Waals surface area contributed by atoms with Crippen LogP contribution in [0.4, 0.5) is 0 Å². The normalized spacial score (nSPS) is 18.3. The highest BCUT2D eigenvalue weighted by Crippen LogP contribution is 2.08. The lowest BCUT2D eigenvalue weighted by Crippen LogP contribution is -2.48. The van der Waals surface area contributed by atoms with Gasteiger partial charge < -0.3 is 0 Å². The molecule has 1 saturated heterocycles.